The van der Waals surface area contributed by atoms with Gasteiger partial charge in [0.05, 0.1) is 35.6 Å². The van der Waals surface area contributed by atoms with Crippen LogP contribution in [0.15, 0.2) is 52.1 Å². The topological polar surface area (TPSA) is 106 Å². The molecule has 1 amide bonds. The highest BCUT2D eigenvalue weighted by atomic mass is 35.5. The number of nitriles is 1. The summed E-state index contributed by atoms with van der Waals surface area (Å²) in [6.07, 6.45) is 3.02. The lowest BCUT2D eigenvalue weighted by Gasteiger charge is -2.12. The number of benzene rings is 1. The average Bonchev–Trinajstić information content (AvgIpc) is 3.36. The van der Waals surface area contributed by atoms with Crippen LogP contribution in [-0.2, 0) is 17.9 Å². The Morgan fingerprint density at radius 3 is 2.84 bits per heavy atom. The van der Waals surface area contributed by atoms with E-state index >= 15 is 0 Å². The number of carbonyl (C=O) groups is 1. The molecule has 4 aromatic rings. The van der Waals surface area contributed by atoms with Crippen LogP contribution in [0.2, 0.25) is 5.02 Å². The van der Waals surface area contributed by atoms with Crippen molar-refractivity contribution in [2.45, 2.75) is 33.4 Å². The van der Waals surface area contributed by atoms with Crippen molar-refractivity contribution in [3.05, 3.63) is 80.9 Å². The van der Waals surface area contributed by atoms with Crippen LogP contribution in [0.3, 0.4) is 0 Å². The van der Waals surface area contributed by atoms with E-state index in [1.54, 1.807) is 30.5 Å². The highest BCUT2D eigenvalue weighted by Gasteiger charge is 2.20. The molecule has 0 saturated carbocycles. The summed E-state index contributed by atoms with van der Waals surface area (Å²) in [5.41, 5.74) is 2.33. The minimum atomic E-state index is -0.321. The third-order valence-corrected chi connectivity index (χ3v) is 5.69. The number of carbonyl (C=O) groups excluding carboxylic acids is 1. The van der Waals surface area contributed by atoms with E-state index in [-0.39, 0.29) is 24.4 Å². The highest BCUT2D eigenvalue weighted by molar-refractivity contribution is 6.31. The maximum atomic E-state index is 12.7. The fourth-order valence-electron chi connectivity index (χ4n) is 3.59. The average molecular weight is 450 g/mol. The van der Waals surface area contributed by atoms with E-state index in [1.807, 2.05) is 24.5 Å². The van der Waals surface area contributed by atoms with E-state index in [1.165, 1.54) is 10.9 Å². The molecule has 3 aromatic heterocycles. The van der Waals surface area contributed by atoms with Crippen molar-refractivity contribution in [2.24, 2.45) is 0 Å². The van der Waals surface area contributed by atoms with Crippen molar-refractivity contribution >= 4 is 34.2 Å². The number of nitrogens with one attached hydrogen (secondary N) is 1. The van der Waals surface area contributed by atoms with Crippen molar-refractivity contribution in [3.8, 4) is 6.07 Å². The van der Waals surface area contributed by atoms with Gasteiger partial charge >= 0.3 is 0 Å². The van der Waals surface area contributed by atoms with E-state index in [0.717, 1.165) is 11.3 Å². The maximum absolute atomic E-state index is 12.7. The van der Waals surface area contributed by atoms with Crippen molar-refractivity contribution in [2.75, 3.05) is 5.32 Å². The Morgan fingerprint density at radius 1 is 1.31 bits per heavy atom. The van der Waals surface area contributed by atoms with Crippen molar-refractivity contribution in [3.63, 3.8) is 0 Å². The molecule has 3 heterocycles. The molecule has 0 unspecified atom stereocenters. The first-order valence-electron chi connectivity index (χ1n) is 9.95. The van der Waals surface area contributed by atoms with Gasteiger partial charge in [-0.15, -0.1) is 0 Å². The van der Waals surface area contributed by atoms with Crippen LogP contribution in [0, 0.1) is 25.2 Å². The molecule has 0 spiro atoms. The van der Waals surface area contributed by atoms with Crippen LogP contribution < -0.4 is 10.9 Å². The van der Waals surface area contributed by atoms with Gasteiger partial charge in [0, 0.05) is 23.7 Å². The summed E-state index contributed by atoms with van der Waals surface area (Å²) in [6.45, 7) is 4.25. The van der Waals surface area contributed by atoms with E-state index < -0.39 is 0 Å². The Kier molecular flexibility index (Phi) is 5.84. The summed E-state index contributed by atoms with van der Waals surface area (Å²) in [5, 5.41) is 13.3. The standard InChI is InChI=1S/C23H20ClN5O3/c1-14-15(2)29(12-17-4-3-9-32-17)22(19(14)11-25)27-21(30)7-8-28-13-26-20-6-5-16(24)10-18(20)23(28)31/h3-6,9-10,13H,7-8,12H2,1-2H3,(H,27,30). The zero-order chi connectivity index (χ0) is 22.8. The fraction of sp³-hybridized carbons (Fsp3) is 0.217. The number of anilines is 1. The molecule has 9 heteroatoms. The molecule has 0 aliphatic carbocycles. The minimum Gasteiger partial charge on any atom is -0.467 e. The third kappa shape index (κ3) is 4.03. The first-order valence-corrected chi connectivity index (χ1v) is 10.3. The van der Waals surface area contributed by atoms with Gasteiger partial charge < -0.3 is 14.3 Å². The fourth-order valence-corrected chi connectivity index (χ4v) is 3.77. The number of fused-ring (bicyclic) bond motifs is 1. The highest BCUT2D eigenvalue weighted by Crippen LogP contribution is 2.27. The van der Waals surface area contributed by atoms with E-state index in [9.17, 15) is 14.9 Å². The number of furan rings is 1. The molecule has 0 radical (unpaired) electrons. The predicted molar refractivity (Wildman–Crippen MR) is 121 cm³/mol. The van der Waals surface area contributed by atoms with Crippen molar-refractivity contribution in [1.29, 1.82) is 5.26 Å². The van der Waals surface area contributed by atoms with E-state index in [4.69, 9.17) is 16.0 Å². The van der Waals surface area contributed by atoms with Crippen molar-refractivity contribution < 1.29 is 9.21 Å². The molecule has 1 aromatic carbocycles. The van der Waals surface area contributed by atoms with Gasteiger partial charge in [-0.2, -0.15) is 5.26 Å². The number of amides is 1. The summed E-state index contributed by atoms with van der Waals surface area (Å²) >= 11 is 5.99. The summed E-state index contributed by atoms with van der Waals surface area (Å²) in [7, 11) is 0. The first kappa shape index (κ1) is 21.4. The number of nitrogens with zero attached hydrogens (tertiary/aromatic N) is 4. The van der Waals surface area contributed by atoms with Gasteiger partial charge in [-0.3, -0.25) is 14.2 Å². The summed E-state index contributed by atoms with van der Waals surface area (Å²) < 4.78 is 8.65. The van der Waals surface area contributed by atoms with Crippen molar-refractivity contribution in [1.82, 2.24) is 14.1 Å². The SMILES string of the molecule is Cc1c(C#N)c(NC(=O)CCn2cnc3ccc(Cl)cc3c2=O)n(Cc2ccco2)c1C. The molecule has 0 bridgehead atoms. The predicted octanol–water partition coefficient (Wildman–Crippen LogP) is 4.01. The van der Waals surface area contributed by atoms with Crippen LogP contribution in [0.1, 0.15) is 29.0 Å². The lowest BCUT2D eigenvalue weighted by molar-refractivity contribution is -0.116. The lowest BCUT2D eigenvalue weighted by atomic mass is 10.2. The van der Waals surface area contributed by atoms with Gasteiger partial charge in [-0.25, -0.2) is 4.98 Å². The molecule has 0 aliphatic heterocycles. The Bertz CT molecular complexity index is 1410. The Labute approximate surface area is 188 Å². The summed E-state index contributed by atoms with van der Waals surface area (Å²) in [6, 6.07) is 10.7. The van der Waals surface area contributed by atoms with Crippen LogP contribution >= 0.6 is 11.6 Å². The van der Waals surface area contributed by atoms with Crippen LogP contribution in [-0.4, -0.2) is 20.0 Å². The van der Waals surface area contributed by atoms with Gasteiger partial charge in [0.1, 0.15) is 17.6 Å². The molecule has 0 atom stereocenters. The largest absolute Gasteiger partial charge is 0.467 e. The van der Waals surface area contributed by atoms with Crippen LogP contribution in [0.25, 0.3) is 10.9 Å². The monoisotopic (exact) mass is 449 g/mol. The summed E-state index contributed by atoms with van der Waals surface area (Å²) in [5.74, 6) is 0.799. The molecule has 0 fully saturated rings. The molecule has 0 aliphatic rings. The van der Waals surface area contributed by atoms with Crippen LogP contribution in [0.5, 0.6) is 0 Å². The van der Waals surface area contributed by atoms with E-state index in [2.05, 4.69) is 16.4 Å². The van der Waals surface area contributed by atoms with Gasteiger partial charge in [0.15, 0.2) is 0 Å². The second-order valence-electron chi connectivity index (χ2n) is 7.41. The lowest BCUT2D eigenvalue weighted by Crippen LogP contribution is -2.24. The second-order valence-corrected chi connectivity index (χ2v) is 7.85. The normalized spacial score (nSPS) is 10.9. The molecule has 162 valence electrons. The van der Waals surface area contributed by atoms with E-state index in [0.29, 0.717) is 39.6 Å². The number of hydrogen-bond acceptors (Lipinski definition) is 5. The van der Waals surface area contributed by atoms with Gasteiger partial charge in [-0.1, -0.05) is 11.6 Å². The number of aryl methyl sites for hydroxylation is 1. The van der Waals surface area contributed by atoms with Gasteiger partial charge in [0.2, 0.25) is 5.91 Å². The number of aromatic nitrogens is 3. The number of halogens is 1. The third-order valence-electron chi connectivity index (χ3n) is 5.46. The summed E-state index contributed by atoms with van der Waals surface area (Å²) in [4.78, 5) is 29.7. The number of rotatable bonds is 6. The zero-order valence-corrected chi connectivity index (χ0v) is 18.3. The first-order chi connectivity index (χ1) is 15.4. The smallest absolute Gasteiger partial charge is 0.261 e. The Hall–Kier alpha value is -3.83. The maximum Gasteiger partial charge on any atom is 0.261 e. The molecular weight excluding hydrogens is 430 g/mol. The Balaban J connectivity index is 1.55. The molecular formula is C23H20ClN5O3. The van der Waals surface area contributed by atoms with Crippen LogP contribution in [0.4, 0.5) is 5.82 Å². The molecule has 0 saturated heterocycles. The molecule has 8 nitrogen and oxygen atoms in total. The van der Waals surface area contributed by atoms with Gasteiger partial charge in [0.25, 0.3) is 5.56 Å². The number of hydrogen-bond donors (Lipinski definition) is 1. The molecule has 4 rings (SSSR count). The quantitative estimate of drug-likeness (QED) is 0.478. The molecule has 1 N–H and O–H groups in total. The Morgan fingerprint density at radius 2 is 2.12 bits per heavy atom. The minimum absolute atomic E-state index is 0.0303. The molecule has 32 heavy (non-hydrogen) atoms. The van der Waals surface area contributed by atoms with Gasteiger partial charge in [-0.05, 0) is 49.7 Å². The zero-order valence-electron chi connectivity index (χ0n) is 17.6. The second kappa shape index (κ2) is 8.73.